The van der Waals surface area contributed by atoms with E-state index < -0.39 is 0 Å². The van der Waals surface area contributed by atoms with Gasteiger partial charge in [0.2, 0.25) is 0 Å². The molecular formula is C22H16N2S. The van der Waals surface area contributed by atoms with Crippen molar-refractivity contribution in [2.45, 2.75) is 4.90 Å². The largest absolute Gasteiger partial charge is 0.150 e. The van der Waals surface area contributed by atoms with E-state index in [1.807, 2.05) is 66.7 Å². The molecule has 0 saturated carbocycles. The van der Waals surface area contributed by atoms with Gasteiger partial charge in [0.15, 0.2) is 0 Å². The zero-order valence-corrected chi connectivity index (χ0v) is 14.4. The van der Waals surface area contributed by atoms with Crippen LogP contribution in [0.15, 0.2) is 95.9 Å². The van der Waals surface area contributed by atoms with Crippen LogP contribution in [0.1, 0.15) is 0 Å². The molecular weight excluding hydrogens is 324 g/mol. The van der Waals surface area contributed by atoms with Crippen molar-refractivity contribution in [1.82, 2.24) is 10.2 Å². The van der Waals surface area contributed by atoms with Gasteiger partial charge in [0.1, 0.15) is 0 Å². The van der Waals surface area contributed by atoms with Crippen molar-refractivity contribution in [1.29, 1.82) is 0 Å². The van der Waals surface area contributed by atoms with Crippen molar-refractivity contribution in [3.63, 3.8) is 0 Å². The lowest BCUT2D eigenvalue weighted by atomic mass is 10.0. The molecule has 1 aromatic heterocycles. The van der Waals surface area contributed by atoms with Gasteiger partial charge in [0, 0.05) is 16.0 Å². The summed E-state index contributed by atoms with van der Waals surface area (Å²) in [5, 5.41) is 8.79. The number of hydrogen-bond acceptors (Lipinski definition) is 3. The Hall–Kier alpha value is -2.91. The second-order valence-corrected chi connectivity index (χ2v) is 6.25. The van der Waals surface area contributed by atoms with Gasteiger partial charge in [0.05, 0.1) is 11.4 Å². The first-order valence-electron chi connectivity index (χ1n) is 8.09. The Morgan fingerprint density at radius 1 is 0.520 bits per heavy atom. The molecule has 0 amide bonds. The highest BCUT2D eigenvalue weighted by molar-refractivity contribution is 7.80. The lowest BCUT2D eigenvalue weighted by Crippen LogP contribution is -1.91. The van der Waals surface area contributed by atoms with Gasteiger partial charge in [-0.05, 0) is 35.4 Å². The topological polar surface area (TPSA) is 25.8 Å². The summed E-state index contributed by atoms with van der Waals surface area (Å²) in [7, 11) is 0. The second kappa shape index (κ2) is 6.91. The van der Waals surface area contributed by atoms with Crippen LogP contribution in [0, 0.1) is 0 Å². The predicted molar refractivity (Wildman–Crippen MR) is 106 cm³/mol. The highest BCUT2D eigenvalue weighted by Gasteiger charge is 2.06. The summed E-state index contributed by atoms with van der Waals surface area (Å²) < 4.78 is 0. The molecule has 0 aliphatic heterocycles. The molecule has 3 heteroatoms. The predicted octanol–water partition coefficient (Wildman–Crippen LogP) is 5.77. The van der Waals surface area contributed by atoms with E-state index in [4.69, 9.17) is 0 Å². The number of benzene rings is 3. The van der Waals surface area contributed by atoms with E-state index in [1.54, 1.807) is 0 Å². The Morgan fingerprint density at radius 3 is 1.84 bits per heavy atom. The molecule has 0 spiro atoms. The van der Waals surface area contributed by atoms with Gasteiger partial charge in [0.25, 0.3) is 0 Å². The SMILES string of the molecule is Sc1ccccc1-c1cccc(-c2ccc(-c3ccccc3)nn2)c1. The average molecular weight is 340 g/mol. The number of aromatic nitrogens is 2. The number of thiol groups is 1. The van der Waals surface area contributed by atoms with Crippen molar-refractivity contribution in [2.75, 3.05) is 0 Å². The fourth-order valence-corrected chi connectivity index (χ4v) is 3.10. The zero-order chi connectivity index (χ0) is 17.1. The van der Waals surface area contributed by atoms with E-state index in [1.165, 1.54) is 0 Å². The van der Waals surface area contributed by atoms with Crippen LogP contribution < -0.4 is 0 Å². The fourth-order valence-electron chi connectivity index (χ4n) is 2.81. The van der Waals surface area contributed by atoms with Crippen LogP contribution in [-0.2, 0) is 0 Å². The molecule has 25 heavy (non-hydrogen) atoms. The van der Waals surface area contributed by atoms with Crippen LogP contribution >= 0.6 is 12.6 Å². The lowest BCUT2D eigenvalue weighted by Gasteiger charge is -2.08. The Morgan fingerprint density at radius 2 is 1.12 bits per heavy atom. The quantitative estimate of drug-likeness (QED) is 0.479. The molecule has 0 fully saturated rings. The summed E-state index contributed by atoms with van der Waals surface area (Å²) in [5.74, 6) is 0. The van der Waals surface area contributed by atoms with Crippen LogP contribution in [0.2, 0.25) is 0 Å². The van der Waals surface area contributed by atoms with Crippen molar-refractivity contribution >= 4 is 12.6 Å². The third kappa shape index (κ3) is 3.32. The maximum atomic E-state index is 4.56. The Kier molecular flexibility index (Phi) is 4.32. The highest BCUT2D eigenvalue weighted by atomic mass is 32.1. The van der Waals surface area contributed by atoms with Gasteiger partial charge in [-0.3, -0.25) is 0 Å². The molecule has 3 aromatic carbocycles. The Labute approximate surface area is 152 Å². The number of nitrogens with zero attached hydrogens (tertiary/aromatic N) is 2. The first-order chi connectivity index (χ1) is 12.3. The smallest absolute Gasteiger partial charge is 0.0930 e. The third-order valence-corrected chi connectivity index (χ3v) is 4.50. The molecule has 4 aromatic rings. The van der Waals surface area contributed by atoms with Crippen LogP contribution in [0.25, 0.3) is 33.6 Å². The molecule has 4 rings (SSSR count). The van der Waals surface area contributed by atoms with Gasteiger partial charge < -0.3 is 0 Å². The number of hydrogen-bond donors (Lipinski definition) is 1. The minimum absolute atomic E-state index is 0.859. The van der Waals surface area contributed by atoms with Crippen LogP contribution in [0.5, 0.6) is 0 Å². The maximum Gasteiger partial charge on any atom is 0.0930 e. The van der Waals surface area contributed by atoms with Gasteiger partial charge in [-0.2, -0.15) is 0 Å². The van der Waals surface area contributed by atoms with Crippen molar-refractivity contribution in [3.8, 4) is 33.6 Å². The zero-order valence-electron chi connectivity index (χ0n) is 13.5. The Balaban J connectivity index is 1.69. The minimum atomic E-state index is 0.859. The van der Waals surface area contributed by atoms with E-state index in [9.17, 15) is 0 Å². The molecule has 0 unspecified atom stereocenters. The van der Waals surface area contributed by atoms with Crippen LogP contribution in [0.4, 0.5) is 0 Å². The van der Waals surface area contributed by atoms with Gasteiger partial charge in [-0.15, -0.1) is 22.8 Å². The van der Waals surface area contributed by atoms with Crippen LogP contribution in [0.3, 0.4) is 0 Å². The highest BCUT2D eigenvalue weighted by Crippen LogP contribution is 2.29. The summed E-state index contributed by atoms with van der Waals surface area (Å²) >= 11 is 4.56. The second-order valence-electron chi connectivity index (χ2n) is 5.77. The van der Waals surface area contributed by atoms with Crippen molar-refractivity contribution in [3.05, 3.63) is 91.0 Å². The van der Waals surface area contributed by atoms with E-state index in [0.29, 0.717) is 0 Å². The van der Waals surface area contributed by atoms with E-state index in [-0.39, 0.29) is 0 Å². The van der Waals surface area contributed by atoms with Gasteiger partial charge in [-0.1, -0.05) is 66.7 Å². The summed E-state index contributed by atoms with van der Waals surface area (Å²) in [5.41, 5.74) is 6.08. The Bertz CT molecular complexity index is 996. The summed E-state index contributed by atoms with van der Waals surface area (Å²) in [6, 6.07) is 30.5. The number of rotatable bonds is 3. The average Bonchev–Trinajstić information content (AvgIpc) is 2.69. The molecule has 0 atom stereocenters. The molecule has 120 valence electrons. The lowest BCUT2D eigenvalue weighted by molar-refractivity contribution is 1.04. The van der Waals surface area contributed by atoms with E-state index in [2.05, 4.69) is 47.1 Å². The standard InChI is InChI=1S/C22H16N2S/c25-22-12-5-4-11-19(22)17-9-6-10-18(15-17)21-14-13-20(23-24-21)16-7-2-1-3-8-16/h1-15,25H. The normalized spacial score (nSPS) is 10.6. The first kappa shape index (κ1) is 15.6. The summed E-state index contributed by atoms with van der Waals surface area (Å²) in [6.07, 6.45) is 0. The molecule has 0 bridgehead atoms. The van der Waals surface area contributed by atoms with Crippen molar-refractivity contribution in [2.24, 2.45) is 0 Å². The molecule has 0 aliphatic rings. The molecule has 2 nitrogen and oxygen atoms in total. The van der Waals surface area contributed by atoms with Gasteiger partial charge in [-0.25, -0.2) is 0 Å². The fraction of sp³-hybridized carbons (Fsp3) is 0. The van der Waals surface area contributed by atoms with Crippen molar-refractivity contribution < 1.29 is 0 Å². The minimum Gasteiger partial charge on any atom is -0.150 e. The molecule has 1 heterocycles. The maximum absolute atomic E-state index is 4.56. The third-order valence-electron chi connectivity index (χ3n) is 4.11. The van der Waals surface area contributed by atoms with E-state index >= 15 is 0 Å². The molecule has 0 N–H and O–H groups in total. The molecule has 0 radical (unpaired) electrons. The molecule has 0 saturated heterocycles. The summed E-state index contributed by atoms with van der Waals surface area (Å²) in [4.78, 5) is 0.963. The van der Waals surface area contributed by atoms with E-state index in [0.717, 1.165) is 38.5 Å². The monoisotopic (exact) mass is 340 g/mol. The summed E-state index contributed by atoms with van der Waals surface area (Å²) in [6.45, 7) is 0. The van der Waals surface area contributed by atoms with Gasteiger partial charge >= 0.3 is 0 Å². The molecule has 0 aliphatic carbocycles. The van der Waals surface area contributed by atoms with Crippen LogP contribution in [-0.4, -0.2) is 10.2 Å². The first-order valence-corrected chi connectivity index (χ1v) is 8.54.